The smallest absolute Gasteiger partial charge is 0.303 e. The summed E-state index contributed by atoms with van der Waals surface area (Å²) in [6.07, 6.45) is 5.06. The van der Waals surface area contributed by atoms with Gasteiger partial charge in [-0.15, -0.1) is 0 Å². The molecule has 6 heteroatoms. The van der Waals surface area contributed by atoms with Crippen LogP contribution in [-0.4, -0.2) is 30.8 Å². The van der Waals surface area contributed by atoms with Gasteiger partial charge in [-0.25, -0.2) is 13.1 Å². The first-order valence-electron chi connectivity index (χ1n) is 6.06. The van der Waals surface area contributed by atoms with E-state index in [1.807, 2.05) is 6.92 Å². The molecule has 0 amide bonds. The fourth-order valence-electron chi connectivity index (χ4n) is 2.27. The van der Waals surface area contributed by atoms with E-state index < -0.39 is 16.0 Å². The second-order valence-electron chi connectivity index (χ2n) is 5.04. The van der Waals surface area contributed by atoms with Crippen LogP contribution >= 0.6 is 0 Å². The Morgan fingerprint density at radius 1 is 1.29 bits per heavy atom. The second kappa shape index (κ2) is 5.82. The Kier molecular flexibility index (Phi) is 4.94. The van der Waals surface area contributed by atoms with Gasteiger partial charge in [0.05, 0.1) is 5.75 Å². The summed E-state index contributed by atoms with van der Waals surface area (Å²) >= 11 is 0. The summed E-state index contributed by atoms with van der Waals surface area (Å²) in [4.78, 5) is 10.3. The highest BCUT2D eigenvalue weighted by Crippen LogP contribution is 2.28. The normalized spacial score (nSPS) is 20.1. The topological polar surface area (TPSA) is 83.5 Å². The Morgan fingerprint density at radius 2 is 1.88 bits per heavy atom. The Labute approximate surface area is 103 Å². The largest absolute Gasteiger partial charge is 0.481 e. The molecule has 0 heterocycles. The van der Waals surface area contributed by atoms with Crippen LogP contribution in [0.2, 0.25) is 0 Å². The number of carboxylic acid groups (broad SMARTS) is 1. The first-order valence-corrected chi connectivity index (χ1v) is 7.72. The van der Waals surface area contributed by atoms with E-state index >= 15 is 0 Å². The molecular formula is C11H21NO4S. The highest BCUT2D eigenvalue weighted by Gasteiger charge is 2.30. The summed E-state index contributed by atoms with van der Waals surface area (Å²) in [6, 6.07) is 0. The summed E-state index contributed by atoms with van der Waals surface area (Å²) < 4.78 is 26.3. The maximum absolute atomic E-state index is 11.8. The van der Waals surface area contributed by atoms with Crippen LogP contribution in [0.5, 0.6) is 0 Å². The third-order valence-electron chi connectivity index (χ3n) is 3.16. The second-order valence-corrected chi connectivity index (χ2v) is 6.88. The molecule has 17 heavy (non-hydrogen) atoms. The molecule has 0 aromatic heterocycles. The molecule has 5 nitrogen and oxygen atoms in total. The zero-order chi connectivity index (χ0) is 12.9. The third-order valence-corrected chi connectivity index (χ3v) is 4.79. The number of carboxylic acids is 1. The maximum atomic E-state index is 11.8. The van der Waals surface area contributed by atoms with Crippen molar-refractivity contribution in [2.75, 3.05) is 5.75 Å². The van der Waals surface area contributed by atoms with Crippen LogP contribution in [0.4, 0.5) is 0 Å². The summed E-state index contributed by atoms with van der Waals surface area (Å²) in [5.41, 5.74) is -0.333. The standard InChI is InChI=1S/C11H21NO4S/c1-11(7-3-2-4-8-11)12-17(15,16)9-5-6-10(13)14/h12H,2-9H2,1H3,(H,13,14). The molecule has 1 aliphatic carbocycles. The number of aliphatic carboxylic acids is 1. The minimum Gasteiger partial charge on any atom is -0.481 e. The van der Waals surface area contributed by atoms with Crippen molar-refractivity contribution in [2.24, 2.45) is 0 Å². The van der Waals surface area contributed by atoms with Crippen molar-refractivity contribution in [2.45, 2.75) is 57.4 Å². The molecule has 0 aromatic rings. The summed E-state index contributed by atoms with van der Waals surface area (Å²) in [7, 11) is -3.35. The molecule has 0 saturated heterocycles. The monoisotopic (exact) mass is 263 g/mol. The minimum absolute atomic E-state index is 0.0996. The number of nitrogens with one attached hydrogen (secondary N) is 1. The van der Waals surface area contributed by atoms with Crippen molar-refractivity contribution < 1.29 is 18.3 Å². The average Bonchev–Trinajstić information content (AvgIpc) is 2.15. The van der Waals surface area contributed by atoms with Crippen LogP contribution in [0.3, 0.4) is 0 Å². The van der Waals surface area contributed by atoms with Gasteiger partial charge in [0.15, 0.2) is 0 Å². The third kappa shape index (κ3) is 5.50. The van der Waals surface area contributed by atoms with Crippen LogP contribution in [0.1, 0.15) is 51.9 Å². The Balaban J connectivity index is 2.45. The molecule has 1 rings (SSSR count). The zero-order valence-electron chi connectivity index (χ0n) is 10.2. The molecule has 0 unspecified atom stereocenters. The van der Waals surface area contributed by atoms with Gasteiger partial charge in [-0.05, 0) is 26.2 Å². The lowest BCUT2D eigenvalue weighted by Gasteiger charge is -2.34. The molecule has 0 aromatic carbocycles. The number of hydrogen-bond acceptors (Lipinski definition) is 3. The first kappa shape index (κ1) is 14.4. The lowest BCUT2D eigenvalue weighted by atomic mass is 9.84. The van der Waals surface area contributed by atoms with Gasteiger partial charge >= 0.3 is 5.97 Å². The van der Waals surface area contributed by atoms with E-state index in [1.165, 1.54) is 0 Å². The van der Waals surface area contributed by atoms with Crippen molar-refractivity contribution in [3.63, 3.8) is 0 Å². The zero-order valence-corrected chi connectivity index (χ0v) is 11.1. The van der Waals surface area contributed by atoms with Crippen molar-refractivity contribution in [3.8, 4) is 0 Å². The van der Waals surface area contributed by atoms with Gasteiger partial charge in [0, 0.05) is 12.0 Å². The van der Waals surface area contributed by atoms with Gasteiger partial charge in [0.25, 0.3) is 0 Å². The van der Waals surface area contributed by atoms with Crippen LogP contribution in [0, 0.1) is 0 Å². The molecule has 1 saturated carbocycles. The Hall–Kier alpha value is -0.620. The fraction of sp³-hybridized carbons (Fsp3) is 0.909. The Morgan fingerprint density at radius 3 is 2.41 bits per heavy atom. The van der Waals surface area contributed by atoms with Crippen molar-refractivity contribution in [1.82, 2.24) is 4.72 Å². The molecule has 2 N–H and O–H groups in total. The Bertz CT molecular complexity index is 358. The van der Waals surface area contributed by atoms with Crippen molar-refractivity contribution in [3.05, 3.63) is 0 Å². The van der Waals surface area contributed by atoms with Gasteiger partial charge in [0.1, 0.15) is 0 Å². The number of rotatable bonds is 6. The van der Waals surface area contributed by atoms with Crippen molar-refractivity contribution >= 4 is 16.0 Å². The van der Waals surface area contributed by atoms with Crippen LogP contribution in [-0.2, 0) is 14.8 Å². The predicted octanol–water partition coefficient (Wildman–Crippen LogP) is 1.49. The lowest BCUT2D eigenvalue weighted by Crippen LogP contribution is -2.47. The molecule has 0 radical (unpaired) electrons. The first-order chi connectivity index (χ1) is 7.83. The molecule has 1 fully saturated rings. The van der Waals surface area contributed by atoms with E-state index in [-0.39, 0.29) is 24.1 Å². The predicted molar refractivity (Wildman–Crippen MR) is 65.3 cm³/mol. The van der Waals surface area contributed by atoms with Crippen LogP contribution in [0.15, 0.2) is 0 Å². The minimum atomic E-state index is -3.35. The van der Waals surface area contributed by atoms with Gasteiger partial charge < -0.3 is 5.11 Å². The highest BCUT2D eigenvalue weighted by atomic mass is 32.2. The average molecular weight is 263 g/mol. The van der Waals surface area contributed by atoms with Gasteiger partial charge in [0.2, 0.25) is 10.0 Å². The molecule has 0 spiro atoms. The number of hydrogen-bond donors (Lipinski definition) is 2. The fourth-order valence-corrected chi connectivity index (χ4v) is 3.86. The SMILES string of the molecule is CC1(NS(=O)(=O)CCCC(=O)O)CCCCC1. The number of sulfonamides is 1. The van der Waals surface area contributed by atoms with E-state index in [9.17, 15) is 13.2 Å². The van der Waals surface area contributed by atoms with E-state index in [4.69, 9.17) is 5.11 Å². The summed E-state index contributed by atoms with van der Waals surface area (Å²) in [5, 5.41) is 8.47. The van der Waals surface area contributed by atoms with E-state index in [0.717, 1.165) is 32.1 Å². The van der Waals surface area contributed by atoms with E-state index in [0.29, 0.717) is 0 Å². The maximum Gasteiger partial charge on any atom is 0.303 e. The molecule has 1 aliphatic rings. The highest BCUT2D eigenvalue weighted by molar-refractivity contribution is 7.89. The van der Waals surface area contributed by atoms with Gasteiger partial charge in [-0.3, -0.25) is 4.79 Å². The lowest BCUT2D eigenvalue weighted by molar-refractivity contribution is -0.137. The summed E-state index contributed by atoms with van der Waals surface area (Å²) in [6.45, 7) is 1.93. The van der Waals surface area contributed by atoms with E-state index in [2.05, 4.69) is 4.72 Å². The quantitative estimate of drug-likeness (QED) is 0.760. The van der Waals surface area contributed by atoms with Crippen LogP contribution in [0.25, 0.3) is 0 Å². The molecule has 0 bridgehead atoms. The molecular weight excluding hydrogens is 242 g/mol. The summed E-state index contributed by atoms with van der Waals surface area (Å²) in [5.74, 6) is -1.06. The van der Waals surface area contributed by atoms with E-state index in [1.54, 1.807) is 0 Å². The van der Waals surface area contributed by atoms with Gasteiger partial charge in [-0.1, -0.05) is 19.3 Å². The molecule has 0 atom stereocenters. The number of carbonyl (C=O) groups is 1. The molecule has 100 valence electrons. The molecule has 0 aliphatic heterocycles. The van der Waals surface area contributed by atoms with Gasteiger partial charge in [-0.2, -0.15) is 0 Å². The van der Waals surface area contributed by atoms with Crippen LogP contribution < -0.4 is 4.72 Å². The van der Waals surface area contributed by atoms with Crippen molar-refractivity contribution in [1.29, 1.82) is 0 Å².